The fourth-order valence-corrected chi connectivity index (χ4v) is 1.13. The molecule has 0 aromatic heterocycles. The Labute approximate surface area is 72.8 Å². The average molecular weight is 172 g/mol. The molecule has 0 fully saturated rings. The van der Waals surface area contributed by atoms with Crippen LogP contribution in [-0.2, 0) is 9.59 Å². The number of carboxylic acid groups (broad SMARTS) is 1. The molecule has 0 aromatic carbocycles. The number of Topliss-reactive ketones (excluding diaryl/α,β-unsaturated/α-hetero) is 1. The predicted octanol–water partition coefficient (Wildman–Crippen LogP) is 1.71. The summed E-state index contributed by atoms with van der Waals surface area (Å²) >= 11 is 0. The van der Waals surface area contributed by atoms with E-state index in [-0.39, 0.29) is 24.0 Å². The van der Waals surface area contributed by atoms with Crippen LogP contribution >= 0.6 is 0 Å². The molecule has 0 spiro atoms. The van der Waals surface area contributed by atoms with Crippen molar-refractivity contribution in [3.05, 3.63) is 0 Å². The molecule has 0 aromatic rings. The summed E-state index contributed by atoms with van der Waals surface area (Å²) in [6.45, 7) is 5.44. The summed E-state index contributed by atoms with van der Waals surface area (Å²) in [6.07, 6.45) is 0.580. The first-order valence-corrected chi connectivity index (χ1v) is 4.24. The molecule has 0 heterocycles. The molecule has 0 amide bonds. The van der Waals surface area contributed by atoms with Gasteiger partial charge in [-0.1, -0.05) is 20.8 Å². The fourth-order valence-electron chi connectivity index (χ4n) is 1.13. The molecule has 1 unspecified atom stereocenters. The van der Waals surface area contributed by atoms with Gasteiger partial charge in [0.05, 0.1) is 6.42 Å². The van der Waals surface area contributed by atoms with Crippen LogP contribution in [0.15, 0.2) is 0 Å². The summed E-state index contributed by atoms with van der Waals surface area (Å²) in [4.78, 5) is 21.7. The lowest BCUT2D eigenvalue weighted by Gasteiger charge is -2.13. The van der Waals surface area contributed by atoms with Gasteiger partial charge in [-0.05, 0) is 6.42 Å². The lowest BCUT2D eigenvalue weighted by molar-refractivity contribution is -0.141. The molecular weight excluding hydrogens is 156 g/mol. The molecule has 0 bridgehead atoms. The SMILES string of the molecule is CCC(CC(=O)O)C(=O)C(C)C. The number of rotatable bonds is 5. The van der Waals surface area contributed by atoms with Gasteiger partial charge in [0.1, 0.15) is 5.78 Å². The summed E-state index contributed by atoms with van der Waals surface area (Å²) in [5, 5.41) is 8.49. The van der Waals surface area contributed by atoms with E-state index in [1.807, 2.05) is 6.92 Å². The molecule has 3 nitrogen and oxygen atoms in total. The summed E-state index contributed by atoms with van der Waals surface area (Å²) < 4.78 is 0. The van der Waals surface area contributed by atoms with E-state index in [1.54, 1.807) is 13.8 Å². The standard InChI is InChI=1S/C9H16O3/c1-4-7(5-8(10)11)9(12)6(2)3/h6-7H,4-5H2,1-3H3,(H,10,11). The monoisotopic (exact) mass is 172 g/mol. The highest BCUT2D eigenvalue weighted by Crippen LogP contribution is 2.14. The quantitative estimate of drug-likeness (QED) is 0.686. The molecule has 1 N–H and O–H groups in total. The average Bonchev–Trinajstić information content (AvgIpc) is 1.98. The van der Waals surface area contributed by atoms with Crippen molar-refractivity contribution in [2.75, 3.05) is 0 Å². The first-order valence-electron chi connectivity index (χ1n) is 4.24. The molecule has 0 aliphatic rings. The van der Waals surface area contributed by atoms with E-state index in [0.717, 1.165) is 0 Å². The lowest BCUT2D eigenvalue weighted by Crippen LogP contribution is -2.21. The maximum Gasteiger partial charge on any atom is 0.304 e. The maximum atomic E-state index is 11.3. The zero-order chi connectivity index (χ0) is 9.72. The Balaban J connectivity index is 4.15. The van der Waals surface area contributed by atoms with Crippen molar-refractivity contribution in [2.24, 2.45) is 11.8 Å². The zero-order valence-electron chi connectivity index (χ0n) is 7.83. The molecule has 0 saturated heterocycles. The maximum absolute atomic E-state index is 11.3. The van der Waals surface area contributed by atoms with Crippen LogP contribution in [0.2, 0.25) is 0 Å². The number of hydrogen-bond acceptors (Lipinski definition) is 2. The molecule has 70 valence electrons. The molecule has 0 aliphatic heterocycles. The van der Waals surface area contributed by atoms with Gasteiger partial charge in [0.2, 0.25) is 0 Å². The van der Waals surface area contributed by atoms with Gasteiger partial charge >= 0.3 is 5.97 Å². The lowest BCUT2D eigenvalue weighted by atomic mass is 9.90. The molecule has 0 aliphatic carbocycles. The fraction of sp³-hybridized carbons (Fsp3) is 0.778. The third kappa shape index (κ3) is 3.51. The second kappa shape index (κ2) is 4.91. The number of hydrogen-bond donors (Lipinski definition) is 1. The van der Waals surface area contributed by atoms with E-state index in [0.29, 0.717) is 6.42 Å². The van der Waals surface area contributed by atoms with Gasteiger partial charge in [-0.3, -0.25) is 9.59 Å². The number of carboxylic acids is 1. The van der Waals surface area contributed by atoms with Crippen molar-refractivity contribution >= 4 is 11.8 Å². The van der Waals surface area contributed by atoms with Crippen LogP contribution in [0.3, 0.4) is 0 Å². The zero-order valence-corrected chi connectivity index (χ0v) is 7.83. The Morgan fingerprint density at radius 2 is 1.83 bits per heavy atom. The molecule has 12 heavy (non-hydrogen) atoms. The predicted molar refractivity (Wildman–Crippen MR) is 45.9 cm³/mol. The molecular formula is C9H16O3. The Bertz CT molecular complexity index is 173. The Morgan fingerprint density at radius 3 is 2.08 bits per heavy atom. The van der Waals surface area contributed by atoms with Crippen LogP contribution in [0.1, 0.15) is 33.6 Å². The molecule has 0 radical (unpaired) electrons. The van der Waals surface area contributed by atoms with Crippen molar-refractivity contribution in [1.29, 1.82) is 0 Å². The van der Waals surface area contributed by atoms with E-state index in [2.05, 4.69) is 0 Å². The van der Waals surface area contributed by atoms with E-state index < -0.39 is 5.97 Å². The van der Waals surface area contributed by atoms with Gasteiger partial charge in [0.25, 0.3) is 0 Å². The first-order chi connectivity index (χ1) is 5.49. The summed E-state index contributed by atoms with van der Waals surface area (Å²) in [6, 6.07) is 0. The van der Waals surface area contributed by atoms with E-state index in [9.17, 15) is 9.59 Å². The topological polar surface area (TPSA) is 54.4 Å². The van der Waals surface area contributed by atoms with E-state index >= 15 is 0 Å². The van der Waals surface area contributed by atoms with Crippen LogP contribution in [0.5, 0.6) is 0 Å². The van der Waals surface area contributed by atoms with Crippen molar-refractivity contribution in [2.45, 2.75) is 33.6 Å². The largest absolute Gasteiger partial charge is 0.481 e. The van der Waals surface area contributed by atoms with E-state index in [1.165, 1.54) is 0 Å². The second-order valence-electron chi connectivity index (χ2n) is 3.26. The van der Waals surface area contributed by atoms with Crippen LogP contribution < -0.4 is 0 Å². The highest BCUT2D eigenvalue weighted by Gasteiger charge is 2.21. The minimum Gasteiger partial charge on any atom is -0.481 e. The minimum atomic E-state index is -0.893. The first kappa shape index (κ1) is 11.1. The highest BCUT2D eigenvalue weighted by atomic mass is 16.4. The van der Waals surface area contributed by atoms with Gasteiger partial charge in [0.15, 0.2) is 0 Å². The van der Waals surface area contributed by atoms with Gasteiger partial charge in [-0.2, -0.15) is 0 Å². The molecule has 1 atom stereocenters. The number of carbonyl (C=O) groups excluding carboxylic acids is 1. The molecule has 0 saturated carbocycles. The third-order valence-electron chi connectivity index (χ3n) is 1.89. The summed E-state index contributed by atoms with van der Waals surface area (Å²) in [5.41, 5.74) is 0. The Kier molecular flexibility index (Phi) is 4.55. The Hall–Kier alpha value is -0.860. The van der Waals surface area contributed by atoms with Gasteiger partial charge in [-0.15, -0.1) is 0 Å². The van der Waals surface area contributed by atoms with Crippen LogP contribution in [-0.4, -0.2) is 16.9 Å². The summed E-state index contributed by atoms with van der Waals surface area (Å²) in [7, 11) is 0. The normalized spacial score (nSPS) is 13.0. The number of ketones is 1. The Morgan fingerprint density at radius 1 is 1.33 bits per heavy atom. The van der Waals surface area contributed by atoms with Crippen molar-refractivity contribution in [3.63, 3.8) is 0 Å². The highest BCUT2D eigenvalue weighted by molar-refractivity contribution is 5.86. The minimum absolute atomic E-state index is 0.0342. The molecule has 0 rings (SSSR count). The van der Waals surface area contributed by atoms with Gasteiger partial charge in [-0.25, -0.2) is 0 Å². The second-order valence-corrected chi connectivity index (χ2v) is 3.26. The van der Waals surface area contributed by atoms with E-state index in [4.69, 9.17) is 5.11 Å². The summed E-state index contributed by atoms with van der Waals surface area (Å²) in [5.74, 6) is -1.20. The smallest absolute Gasteiger partial charge is 0.304 e. The van der Waals surface area contributed by atoms with Crippen molar-refractivity contribution in [3.8, 4) is 0 Å². The number of aliphatic carboxylic acids is 1. The van der Waals surface area contributed by atoms with Crippen LogP contribution in [0.25, 0.3) is 0 Å². The molecule has 3 heteroatoms. The van der Waals surface area contributed by atoms with Gasteiger partial charge < -0.3 is 5.11 Å². The van der Waals surface area contributed by atoms with Crippen molar-refractivity contribution < 1.29 is 14.7 Å². The number of carbonyl (C=O) groups is 2. The third-order valence-corrected chi connectivity index (χ3v) is 1.89. The van der Waals surface area contributed by atoms with Crippen molar-refractivity contribution in [1.82, 2.24) is 0 Å². The van der Waals surface area contributed by atoms with Crippen LogP contribution in [0.4, 0.5) is 0 Å². The van der Waals surface area contributed by atoms with Gasteiger partial charge in [0, 0.05) is 11.8 Å². The van der Waals surface area contributed by atoms with Crippen LogP contribution in [0, 0.1) is 11.8 Å².